The van der Waals surface area contributed by atoms with Crippen LogP contribution in [0.3, 0.4) is 0 Å². The maximum atomic E-state index is 13.1. The van der Waals surface area contributed by atoms with Crippen LogP contribution in [0.5, 0.6) is 0 Å². The zero-order chi connectivity index (χ0) is 70.4. The van der Waals surface area contributed by atoms with Crippen molar-refractivity contribution in [3.8, 4) is 0 Å². The Bertz CT molecular complexity index is 2010. The number of aliphatic hydroxyl groups is 1. The molecule has 0 heterocycles. The lowest BCUT2D eigenvalue weighted by atomic mass is 10.0. The Morgan fingerprint density at radius 1 is 0.292 bits per heavy atom. The predicted octanol–water partition coefficient (Wildman–Crippen LogP) is 22.1. The van der Waals surface area contributed by atoms with E-state index < -0.39 is 97.5 Å². The Hall–Kier alpha value is -2.98. The molecule has 17 nitrogen and oxygen atoms in total. The number of phosphoric acid groups is 2. The molecule has 0 aromatic carbocycles. The summed E-state index contributed by atoms with van der Waals surface area (Å²) < 4.78 is 68.5. The molecule has 0 saturated carbocycles. The molecule has 0 aliphatic carbocycles. The molecule has 0 radical (unpaired) electrons. The molecule has 0 aromatic rings. The van der Waals surface area contributed by atoms with Gasteiger partial charge in [0.2, 0.25) is 0 Å². The first kappa shape index (κ1) is 93.0. The first-order chi connectivity index (χ1) is 46.7. The second kappa shape index (κ2) is 70.5. The van der Waals surface area contributed by atoms with Crippen molar-refractivity contribution in [2.75, 3.05) is 39.6 Å². The molecule has 3 N–H and O–H groups in total. The number of ether oxygens (including phenoxy) is 4. The van der Waals surface area contributed by atoms with Crippen LogP contribution in [0, 0.1) is 0 Å². The molecular weight excluding hydrogens is 1260 g/mol. The normalized spacial score (nSPS) is 14.2. The van der Waals surface area contributed by atoms with Gasteiger partial charge >= 0.3 is 39.5 Å². The van der Waals surface area contributed by atoms with Gasteiger partial charge in [0.05, 0.1) is 26.4 Å². The van der Waals surface area contributed by atoms with Crippen molar-refractivity contribution in [1.29, 1.82) is 0 Å². The van der Waals surface area contributed by atoms with Gasteiger partial charge in [-0.25, -0.2) is 9.13 Å². The van der Waals surface area contributed by atoms with Crippen molar-refractivity contribution < 1.29 is 80.2 Å². The summed E-state index contributed by atoms with van der Waals surface area (Å²) >= 11 is 0. The van der Waals surface area contributed by atoms with E-state index in [9.17, 15) is 43.2 Å². The highest BCUT2D eigenvalue weighted by Crippen LogP contribution is 2.45. The average molecular weight is 1400 g/mol. The summed E-state index contributed by atoms with van der Waals surface area (Å²) in [4.78, 5) is 72.8. The minimum Gasteiger partial charge on any atom is -0.462 e. The predicted molar refractivity (Wildman–Crippen MR) is 390 cm³/mol. The second-order valence-electron chi connectivity index (χ2n) is 26.3. The molecule has 0 aliphatic heterocycles. The summed E-state index contributed by atoms with van der Waals surface area (Å²) in [5.41, 5.74) is 0. The standard InChI is InChI=1S/C77H142O17P2/c1-5-9-13-17-21-25-29-33-35-39-42-46-50-54-58-62-75(80)88-68-72(93-76(81)63-59-55-51-47-43-38-32-28-24-20-16-12-8-4)69-91-95(83,84)89-65-71(78)66-90-96(85,86)92-70-73(67-87-74(79)61-57-53-49-45-41-37-31-27-23-19-15-11-7-3)94-77(82)64-60-56-52-48-44-40-36-34-30-26-22-18-14-10-6-2/h21-22,25-26,33-36,71-73,78H,5-20,23-24,27-32,37-70H2,1-4H3,(H,83,84)(H,85,86)/b25-21-,26-22-,35-33-,36-34-/t71-,72-,73-/m1/s1. The molecule has 0 bridgehead atoms. The lowest BCUT2D eigenvalue weighted by Gasteiger charge is -2.21. The zero-order valence-electron chi connectivity index (χ0n) is 61.3. The first-order valence-electron chi connectivity index (χ1n) is 38.9. The number of hydrogen-bond donors (Lipinski definition) is 3. The van der Waals surface area contributed by atoms with E-state index in [1.807, 2.05) is 0 Å². The second-order valence-corrected chi connectivity index (χ2v) is 29.2. The Balaban J connectivity index is 5.32. The van der Waals surface area contributed by atoms with Crippen molar-refractivity contribution in [1.82, 2.24) is 0 Å². The van der Waals surface area contributed by atoms with E-state index in [4.69, 9.17) is 37.0 Å². The van der Waals surface area contributed by atoms with Crippen LogP contribution < -0.4 is 0 Å². The van der Waals surface area contributed by atoms with Gasteiger partial charge in [0.15, 0.2) is 12.2 Å². The number of aliphatic hydroxyl groups excluding tert-OH is 1. The van der Waals surface area contributed by atoms with Gasteiger partial charge in [-0.2, -0.15) is 0 Å². The lowest BCUT2D eigenvalue weighted by Crippen LogP contribution is -2.30. The maximum Gasteiger partial charge on any atom is 0.472 e. The fourth-order valence-electron chi connectivity index (χ4n) is 10.8. The molecule has 5 atom stereocenters. The minimum atomic E-state index is -4.97. The summed E-state index contributed by atoms with van der Waals surface area (Å²) in [5.74, 6) is -2.17. The SMILES string of the molecule is CCCCC/C=C\C/C=C\CCCCCCCC(=O)OC[C@H](COP(=O)(O)OC[C@@H](O)COP(=O)(O)OC[C@@H](COC(=O)CCCCCCCCCCCCCCC)OC(=O)CCCCCCC/C=C\C/C=C\CCCCC)OC(=O)CCCCCCCCCCCCCCC. The van der Waals surface area contributed by atoms with E-state index in [1.165, 1.54) is 148 Å². The molecule has 2 unspecified atom stereocenters. The van der Waals surface area contributed by atoms with Gasteiger partial charge < -0.3 is 33.8 Å². The topological polar surface area (TPSA) is 237 Å². The third-order valence-corrected chi connectivity index (χ3v) is 18.7. The van der Waals surface area contributed by atoms with Crippen molar-refractivity contribution in [3.05, 3.63) is 48.6 Å². The van der Waals surface area contributed by atoms with Crippen LogP contribution in [0.15, 0.2) is 48.6 Å². The number of allylic oxidation sites excluding steroid dienone is 8. The van der Waals surface area contributed by atoms with Crippen LogP contribution in [0.4, 0.5) is 0 Å². The van der Waals surface area contributed by atoms with Crippen LogP contribution in [0.1, 0.15) is 362 Å². The van der Waals surface area contributed by atoms with Gasteiger partial charge in [-0.15, -0.1) is 0 Å². The molecule has 0 amide bonds. The highest BCUT2D eigenvalue weighted by Gasteiger charge is 2.30. The van der Waals surface area contributed by atoms with Crippen LogP contribution in [0.2, 0.25) is 0 Å². The van der Waals surface area contributed by atoms with Gasteiger partial charge in [-0.05, 0) is 89.9 Å². The number of carbonyl (C=O) groups excluding carboxylic acids is 4. The number of esters is 4. The van der Waals surface area contributed by atoms with Crippen LogP contribution in [0.25, 0.3) is 0 Å². The van der Waals surface area contributed by atoms with Gasteiger partial charge in [0.25, 0.3) is 0 Å². The van der Waals surface area contributed by atoms with Crippen molar-refractivity contribution >= 4 is 39.5 Å². The van der Waals surface area contributed by atoms with E-state index >= 15 is 0 Å². The van der Waals surface area contributed by atoms with E-state index in [-0.39, 0.29) is 25.7 Å². The Morgan fingerprint density at radius 3 is 0.792 bits per heavy atom. The van der Waals surface area contributed by atoms with Crippen LogP contribution in [-0.2, 0) is 65.4 Å². The summed E-state index contributed by atoms with van der Waals surface area (Å²) in [6.07, 6.45) is 66.6. The minimum absolute atomic E-state index is 0.0851. The van der Waals surface area contributed by atoms with E-state index in [1.54, 1.807) is 0 Å². The number of rotatable bonds is 74. The Kier molecular flexibility index (Phi) is 68.3. The quantitative estimate of drug-likeness (QED) is 0.0169. The Morgan fingerprint density at radius 2 is 0.510 bits per heavy atom. The van der Waals surface area contributed by atoms with Gasteiger partial charge in [-0.3, -0.25) is 37.3 Å². The summed E-state index contributed by atoms with van der Waals surface area (Å²) in [6, 6.07) is 0. The Labute approximate surface area is 585 Å². The highest BCUT2D eigenvalue weighted by molar-refractivity contribution is 7.47. The van der Waals surface area contributed by atoms with Crippen molar-refractivity contribution in [3.63, 3.8) is 0 Å². The first-order valence-corrected chi connectivity index (χ1v) is 41.9. The van der Waals surface area contributed by atoms with Gasteiger partial charge in [-0.1, -0.05) is 295 Å². The third kappa shape index (κ3) is 69.5. The van der Waals surface area contributed by atoms with Crippen molar-refractivity contribution in [2.24, 2.45) is 0 Å². The third-order valence-electron chi connectivity index (χ3n) is 16.8. The molecular formula is C77H142O17P2. The number of unbranched alkanes of at least 4 members (excludes halogenated alkanes) is 40. The van der Waals surface area contributed by atoms with E-state index in [0.29, 0.717) is 25.7 Å². The maximum absolute atomic E-state index is 13.1. The molecule has 0 rings (SSSR count). The smallest absolute Gasteiger partial charge is 0.462 e. The van der Waals surface area contributed by atoms with Gasteiger partial charge in [0, 0.05) is 25.7 Å². The molecule has 19 heteroatoms. The molecule has 562 valence electrons. The van der Waals surface area contributed by atoms with Crippen LogP contribution in [-0.4, -0.2) is 96.7 Å². The van der Waals surface area contributed by atoms with Crippen LogP contribution >= 0.6 is 15.6 Å². The van der Waals surface area contributed by atoms with Gasteiger partial charge in [0.1, 0.15) is 19.3 Å². The molecule has 0 aliphatic rings. The lowest BCUT2D eigenvalue weighted by molar-refractivity contribution is -0.161. The number of carbonyl (C=O) groups is 4. The van der Waals surface area contributed by atoms with Crippen molar-refractivity contribution in [2.45, 2.75) is 380 Å². The number of phosphoric ester groups is 2. The fraction of sp³-hybridized carbons (Fsp3) is 0.844. The average Bonchev–Trinajstić information content (AvgIpc) is 1.17. The summed E-state index contributed by atoms with van der Waals surface area (Å²) in [5, 5.41) is 10.6. The molecule has 0 spiro atoms. The largest absolute Gasteiger partial charge is 0.472 e. The van der Waals surface area contributed by atoms with E-state index in [2.05, 4.69) is 76.3 Å². The monoisotopic (exact) mass is 1400 g/mol. The molecule has 0 saturated heterocycles. The van der Waals surface area contributed by atoms with E-state index in [0.717, 1.165) is 135 Å². The number of hydrogen-bond acceptors (Lipinski definition) is 15. The molecule has 0 fully saturated rings. The molecule has 0 aromatic heterocycles. The zero-order valence-corrected chi connectivity index (χ0v) is 63.1. The molecule has 96 heavy (non-hydrogen) atoms. The summed E-state index contributed by atoms with van der Waals surface area (Å²) in [6.45, 7) is 4.86. The fourth-order valence-corrected chi connectivity index (χ4v) is 12.4. The summed E-state index contributed by atoms with van der Waals surface area (Å²) in [7, 11) is -9.93. The highest BCUT2D eigenvalue weighted by atomic mass is 31.2.